The fourth-order valence-electron chi connectivity index (χ4n) is 2.14. The first kappa shape index (κ1) is 15.1. The summed E-state index contributed by atoms with van der Waals surface area (Å²) in [6, 6.07) is 5.84. The van der Waals surface area contributed by atoms with E-state index in [2.05, 4.69) is 28.0 Å². The molecule has 1 aromatic carbocycles. The fourth-order valence-corrected chi connectivity index (χ4v) is 2.53. The maximum atomic E-state index is 10.7. The molecular formula is C15H19BrN2O2. The Bertz CT molecular complexity index is 596. The highest BCUT2D eigenvalue weighted by Crippen LogP contribution is 2.32. The van der Waals surface area contributed by atoms with Crippen LogP contribution < -0.4 is 4.74 Å². The van der Waals surface area contributed by atoms with Crippen molar-refractivity contribution in [1.82, 2.24) is 9.78 Å². The van der Waals surface area contributed by atoms with Crippen LogP contribution >= 0.6 is 15.9 Å². The molecule has 1 heterocycles. The molecule has 0 radical (unpaired) electrons. The Labute approximate surface area is 127 Å². The summed E-state index contributed by atoms with van der Waals surface area (Å²) in [5.74, 6) is 0.614. The highest BCUT2D eigenvalue weighted by Gasteiger charge is 2.21. The zero-order chi connectivity index (χ0) is 14.7. The van der Waals surface area contributed by atoms with Gasteiger partial charge in [0.05, 0.1) is 13.3 Å². The maximum absolute atomic E-state index is 10.7. The minimum absolute atomic E-state index is 0.614. The second-order valence-electron chi connectivity index (χ2n) is 4.73. The molecule has 0 fully saturated rings. The number of nitrogens with zero attached hydrogens (tertiary/aromatic N) is 2. The van der Waals surface area contributed by atoms with Gasteiger partial charge in [-0.1, -0.05) is 35.0 Å². The van der Waals surface area contributed by atoms with Gasteiger partial charge < -0.3 is 9.84 Å². The summed E-state index contributed by atoms with van der Waals surface area (Å²) < 4.78 is 8.10. The van der Waals surface area contributed by atoms with E-state index in [1.54, 1.807) is 18.0 Å². The van der Waals surface area contributed by atoms with Crippen molar-refractivity contribution >= 4 is 15.9 Å². The van der Waals surface area contributed by atoms with Crippen molar-refractivity contribution in [3.63, 3.8) is 0 Å². The topological polar surface area (TPSA) is 47.3 Å². The number of aryl methyl sites for hydroxylation is 2. The largest absolute Gasteiger partial charge is 0.493 e. The lowest BCUT2D eigenvalue weighted by atomic mass is 10.0. The standard InChI is InChI=1S/C15H19BrN2O2/c1-4-7-18-14(13(20-3)9-17-18)15(19)11-6-5-10(2)12(16)8-11/h5-6,8-9,15,19H,4,7H2,1-3H3. The van der Waals surface area contributed by atoms with Gasteiger partial charge >= 0.3 is 0 Å². The molecule has 1 N–H and O–H groups in total. The molecule has 108 valence electrons. The van der Waals surface area contributed by atoms with E-state index in [1.807, 2.05) is 25.1 Å². The van der Waals surface area contributed by atoms with Gasteiger partial charge in [0.2, 0.25) is 0 Å². The second kappa shape index (κ2) is 6.41. The number of halogens is 1. The average Bonchev–Trinajstić information content (AvgIpc) is 2.84. The molecule has 0 bridgehead atoms. The van der Waals surface area contributed by atoms with Crippen LogP contribution in [0, 0.1) is 6.92 Å². The Morgan fingerprint density at radius 1 is 1.45 bits per heavy atom. The molecule has 1 aromatic heterocycles. The minimum Gasteiger partial charge on any atom is -0.493 e. The zero-order valence-electron chi connectivity index (χ0n) is 11.9. The lowest BCUT2D eigenvalue weighted by molar-refractivity contribution is 0.202. The van der Waals surface area contributed by atoms with E-state index in [0.717, 1.165) is 28.6 Å². The summed E-state index contributed by atoms with van der Waals surface area (Å²) in [5.41, 5.74) is 2.65. The molecule has 5 heteroatoms. The average molecular weight is 339 g/mol. The van der Waals surface area contributed by atoms with Crippen LogP contribution in [-0.4, -0.2) is 22.0 Å². The van der Waals surface area contributed by atoms with Crippen LogP contribution in [0.1, 0.15) is 36.3 Å². The molecule has 0 saturated carbocycles. The van der Waals surface area contributed by atoms with Gasteiger partial charge in [0, 0.05) is 11.0 Å². The van der Waals surface area contributed by atoms with Gasteiger partial charge in [0.1, 0.15) is 11.8 Å². The number of aliphatic hydroxyl groups is 1. The monoisotopic (exact) mass is 338 g/mol. The predicted octanol–water partition coefficient (Wildman–Crippen LogP) is 3.45. The van der Waals surface area contributed by atoms with E-state index in [0.29, 0.717) is 11.4 Å². The number of hydrogen-bond acceptors (Lipinski definition) is 3. The van der Waals surface area contributed by atoms with Crippen molar-refractivity contribution < 1.29 is 9.84 Å². The van der Waals surface area contributed by atoms with Crippen LogP contribution in [0.25, 0.3) is 0 Å². The van der Waals surface area contributed by atoms with Gasteiger partial charge in [0.25, 0.3) is 0 Å². The Morgan fingerprint density at radius 3 is 2.80 bits per heavy atom. The molecule has 2 aromatic rings. The smallest absolute Gasteiger partial charge is 0.163 e. The highest BCUT2D eigenvalue weighted by atomic mass is 79.9. The molecule has 0 spiro atoms. The number of benzene rings is 1. The van der Waals surface area contributed by atoms with Gasteiger partial charge in [-0.3, -0.25) is 4.68 Å². The van der Waals surface area contributed by atoms with Crippen molar-refractivity contribution in [2.75, 3.05) is 7.11 Å². The molecule has 0 aliphatic rings. The second-order valence-corrected chi connectivity index (χ2v) is 5.59. The normalized spacial score (nSPS) is 12.4. The highest BCUT2D eigenvalue weighted by molar-refractivity contribution is 9.10. The first-order chi connectivity index (χ1) is 9.58. The molecule has 1 atom stereocenters. The van der Waals surface area contributed by atoms with Crippen LogP contribution in [-0.2, 0) is 6.54 Å². The molecule has 0 aliphatic carbocycles. The number of aromatic nitrogens is 2. The van der Waals surface area contributed by atoms with E-state index in [9.17, 15) is 5.11 Å². The number of methoxy groups -OCH3 is 1. The van der Waals surface area contributed by atoms with Crippen molar-refractivity contribution in [3.8, 4) is 5.75 Å². The summed E-state index contributed by atoms with van der Waals surface area (Å²) in [6.45, 7) is 4.84. The van der Waals surface area contributed by atoms with Crippen LogP contribution in [0.4, 0.5) is 0 Å². The van der Waals surface area contributed by atoms with Crippen LogP contribution in [0.3, 0.4) is 0 Å². The number of rotatable bonds is 5. The van der Waals surface area contributed by atoms with E-state index >= 15 is 0 Å². The minimum atomic E-state index is -0.754. The Balaban J connectivity index is 2.43. The fraction of sp³-hybridized carbons (Fsp3) is 0.400. The zero-order valence-corrected chi connectivity index (χ0v) is 13.5. The summed E-state index contributed by atoms with van der Waals surface area (Å²) in [5, 5.41) is 14.9. The molecule has 0 aliphatic heterocycles. The van der Waals surface area contributed by atoms with Crippen molar-refractivity contribution in [3.05, 3.63) is 45.7 Å². The summed E-state index contributed by atoms with van der Waals surface area (Å²) in [7, 11) is 1.59. The third kappa shape index (κ3) is 2.88. The molecule has 4 nitrogen and oxygen atoms in total. The van der Waals surface area contributed by atoms with E-state index in [-0.39, 0.29) is 0 Å². The van der Waals surface area contributed by atoms with Gasteiger partial charge in [0.15, 0.2) is 5.75 Å². The quantitative estimate of drug-likeness (QED) is 0.908. The number of ether oxygens (including phenoxy) is 1. The summed E-state index contributed by atoms with van der Waals surface area (Å²) >= 11 is 3.50. The summed E-state index contributed by atoms with van der Waals surface area (Å²) in [4.78, 5) is 0. The van der Waals surface area contributed by atoms with Crippen LogP contribution in [0.15, 0.2) is 28.9 Å². The van der Waals surface area contributed by atoms with Gasteiger partial charge in [-0.15, -0.1) is 0 Å². The molecule has 0 saturated heterocycles. The molecular weight excluding hydrogens is 320 g/mol. The van der Waals surface area contributed by atoms with Gasteiger partial charge in [-0.05, 0) is 30.5 Å². The summed E-state index contributed by atoms with van der Waals surface area (Å²) in [6.07, 6.45) is 1.84. The first-order valence-corrected chi connectivity index (χ1v) is 7.41. The first-order valence-electron chi connectivity index (χ1n) is 6.62. The number of aliphatic hydroxyl groups excluding tert-OH is 1. The van der Waals surface area contributed by atoms with Crippen molar-refractivity contribution in [2.24, 2.45) is 0 Å². The molecule has 1 unspecified atom stereocenters. The van der Waals surface area contributed by atoms with E-state index in [4.69, 9.17) is 4.74 Å². The molecule has 20 heavy (non-hydrogen) atoms. The number of hydrogen-bond donors (Lipinski definition) is 1. The SMILES string of the molecule is CCCn1ncc(OC)c1C(O)c1ccc(C)c(Br)c1. The van der Waals surface area contributed by atoms with E-state index < -0.39 is 6.10 Å². The Hall–Kier alpha value is -1.33. The predicted molar refractivity (Wildman–Crippen MR) is 82.0 cm³/mol. The molecule has 0 amide bonds. The maximum Gasteiger partial charge on any atom is 0.163 e. The van der Waals surface area contributed by atoms with Crippen LogP contribution in [0.5, 0.6) is 5.75 Å². The third-order valence-corrected chi connectivity index (χ3v) is 4.13. The van der Waals surface area contributed by atoms with Gasteiger partial charge in [-0.2, -0.15) is 5.10 Å². The lowest BCUT2D eigenvalue weighted by Crippen LogP contribution is -2.11. The van der Waals surface area contributed by atoms with Crippen LogP contribution in [0.2, 0.25) is 0 Å². The van der Waals surface area contributed by atoms with Crippen molar-refractivity contribution in [2.45, 2.75) is 32.9 Å². The van der Waals surface area contributed by atoms with Gasteiger partial charge in [-0.25, -0.2) is 0 Å². The van der Waals surface area contributed by atoms with E-state index in [1.165, 1.54) is 0 Å². The van der Waals surface area contributed by atoms with Crippen molar-refractivity contribution in [1.29, 1.82) is 0 Å². The Kier molecular flexibility index (Phi) is 4.83. The Morgan fingerprint density at radius 2 is 2.20 bits per heavy atom. The third-order valence-electron chi connectivity index (χ3n) is 3.27. The lowest BCUT2D eigenvalue weighted by Gasteiger charge is -2.16. The molecule has 2 rings (SSSR count).